The Labute approximate surface area is 607 Å². The first kappa shape index (κ1) is 96.0. The van der Waals surface area contributed by atoms with Gasteiger partial charge >= 0.3 is 39.5 Å². The van der Waals surface area contributed by atoms with Crippen LogP contribution in [0.3, 0.4) is 0 Å². The molecule has 0 bridgehead atoms. The van der Waals surface area contributed by atoms with E-state index in [1.165, 1.54) is 96.3 Å². The maximum Gasteiger partial charge on any atom is 0.472 e. The number of carbonyl (C=O) groups excluding carboxylic acids is 4. The molecule has 0 heterocycles. The lowest BCUT2D eigenvalue weighted by Crippen LogP contribution is -2.30. The average molecular weight is 1450 g/mol. The van der Waals surface area contributed by atoms with Crippen LogP contribution in [-0.2, 0) is 65.4 Å². The number of rotatable bonds is 74. The number of ether oxygens (including phenoxy) is 4. The number of carbonyl (C=O) groups is 4. The fraction of sp³-hybridized carbons (Fsp3) is 0.753. The summed E-state index contributed by atoms with van der Waals surface area (Å²) in [5.41, 5.74) is 0. The Kier molecular flexibility index (Phi) is 70.4. The van der Waals surface area contributed by atoms with Gasteiger partial charge in [-0.05, 0) is 122 Å². The van der Waals surface area contributed by atoms with Crippen LogP contribution in [-0.4, -0.2) is 96.7 Å². The molecule has 5 atom stereocenters. The topological polar surface area (TPSA) is 237 Å². The van der Waals surface area contributed by atoms with E-state index in [0.717, 1.165) is 161 Å². The first-order valence-corrected chi connectivity index (χ1v) is 42.5. The number of hydrogen-bond acceptors (Lipinski definition) is 15. The smallest absolute Gasteiger partial charge is 0.462 e. The van der Waals surface area contributed by atoms with Gasteiger partial charge in [-0.2, -0.15) is 0 Å². The zero-order valence-electron chi connectivity index (χ0n) is 63.1. The number of aliphatic hydroxyl groups is 1. The molecule has 0 aliphatic heterocycles. The van der Waals surface area contributed by atoms with Gasteiger partial charge in [0.05, 0.1) is 26.4 Å². The van der Waals surface area contributed by atoms with Crippen LogP contribution in [0.1, 0.15) is 336 Å². The molecule has 100 heavy (non-hydrogen) atoms. The van der Waals surface area contributed by atoms with Gasteiger partial charge in [-0.25, -0.2) is 9.13 Å². The average Bonchev–Trinajstić information content (AvgIpc) is 0.935. The maximum absolute atomic E-state index is 13.1. The van der Waals surface area contributed by atoms with Gasteiger partial charge in [0.1, 0.15) is 19.3 Å². The summed E-state index contributed by atoms with van der Waals surface area (Å²) in [4.78, 5) is 72.9. The van der Waals surface area contributed by atoms with E-state index < -0.39 is 97.5 Å². The molecule has 19 heteroatoms. The normalized spacial score (nSPS) is 14.4. The lowest BCUT2D eigenvalue weighted by atomic mass is 10.0. The van der Waals surface area contributed by atoms with Crippen LogP contribution in [0.15, 0.2) is 97.2 Å². The summed E-state index contributed by atoms with van der Waals surface area (Å²) in [6.45, 7) is 4.66. The van der Waals surface area contributed by atoms with Crippen LogP contribution >= 0.6 is 15.6 Å². The molecule has 0 radical (unpaired) electrons. The van der Waals surface area contributed by atoms with Crippen molar-refractivity contribution < 1.29 is 80.2 Å². The Bertz CT molecular complexity index is 2270. The number of aliphatic hydroxyl groups excluding tert-OH is 1. The molecule has 0 aromatic rings. The molecule has 0 saturated heterocycles. The van der Waals surface area contributed by atoms with E-state index in [1.807, 2.05) is 0 Å². The minimum atomic E-state index is -4.98. The van der Waals surface area contributed by atoms with E-state index in [4.69, 9.17) is 37.0 Å². The van der Waals surface area contributed by atoms with Crippen molar-refractivity contribution in [1.82, 2.24) is 0 Å². The molecule has 0 aromatic carbocycles. The minimum absolute atomic E-state index is 0.0771. The number of unbranched alkanes of at least 4 members (excludes halogenated alkanes) is 32. The summed E-state index contributed by atoms with van der Waals surface area (Å²) in [6, 6.07) is 0. The van der Waals surface area contributed by atoms with Crippen molar-refractivity contribution >= 4 is 39.5 Å². The number of allylic oxidation sites excluding steroid dienone is 16. The molecule has 0 rings (SSSR count). The number of phosphoric acid groups is 2. The fourth-order valence-electron chi connectivity index (χ4n) is 10.5. The Hall–Kier alpha value is -4.02. The van der Waals surface area contributed by atoms with Gasteiger partial charge in [0.25, 0.3) is 0 Å². The largest absolute Gasteiger partial charge is 0.472 e. The molecule has 3 N–H and O–H groups in total. The van der Waals surface area contributed by atoms with Crippen molar-refractivity contribution in [1.29, 1.82) is 0 Å². The van der Waals surface area contributed by atoms with Gasteiger partial charge in [-0.15, -0.1) is 0 Å². The molecule has 0 aromatic heterocycles. The second-order valence-electron chi connectivity index (χ2n) is 26.3. The van der Waals surface area contributed by atoms with Gasteiger partial charge in [0.2, 0.25) is 0 Å². The van der Waals surface area contributed by atoms with E-state index in [1.54, 1.807) is 0 Å². The number of hydrogen-bond donors (Lipinski definition) is 3. The monoisotopic (exact) mass is 1450 g/mol. The fourth-order valence-corrected chi connectivity index (χ4v) is 12.1. The van der Waals surface area contributed by atoms with E-state index in [9.17, 15) is 43.2 Å². The van der Waals surface area contributed by atoms with Crippen LogP contribution in [0.5, 0.6) is 0 Å². The minimum Gasteiger partial charge on any atom is -0.462 e. The highest BCUT2D eigenvalue weighted by molar-refractivity contribution is 7.47. The summed E-state index contributed by atoms with van der Waals surface area (Å²) in [6.07, 6.45) is 76.8. The van der Waals surface area contributed by atoms with Gasteiger partial charge in [-0.1, -0.05) is 285 Å². The first-order chi connectivity index (χ1) is 48.7. The highest BCUT2D eigenvalue weighted by Crippen LogP contribution is 2.45. The molecule has 0 fully saturated rings. The third-order valence-electron chi connectivity index (χ3n) is 16.5. The third kappa shape index (κ3) is 72.3. The van der Waals surface area contributed by atoms with Crippen LogP contribution in [0, 0.1) is 0 Å². The Balaban J connectivity index is 5.35. The molecule has 0 amide bonds. The molecule has 578 valence electrons. The van der Waals surface area contributed by atoms with E-state index >= 15 is 0 Å². The third-order valence-corrected chi connectivity index (χ3v) is 18.4. The molecule has 5 unspecified atom stereocenters. The SMILES string of the molecule is CC/C=C\C/C=C\C/C=C\C/C=C\C/C=C\CCCCCC(=O)OCC(COP(=O)(O)OCC(O)COP(=O)(O)OCC(COC(=O)CCCCCCCCCCCCCCCCC)OC(=O)CCCCCCC/C=C\C/C=C\CCC)OC(=O)CCCCCCC/C=C\CCCCCC. The van der Waals surface area contributed by atoms with Crippen molar-refractivity contribution in [2.24, 2.45) is 0 Å². The zero-order valence-corrected chi connectivity index (χ0v) is 64.9. The molecule has 17 nitrogen and oxygen atoms in total. The number of phosphoric ester groups is 2. The summed E-state index contributed by atoms with van der Waals surface area (Å²) < 4.78 is 68.5. The van der Waals surface area contributed by atoms with Gasteiger partial charge < -0.3 is 33.8 Å². The summed E-state index contributed by atoms with van der Waals surface area (Å²) in [5, 5.41) is 10.6. The van der Waals surface area contributed by atoms with Gasteiger partial charge in [0.15, 0.2) is 12.2 Å². The van der Waals surface area contributed by atoms with Crippen molar-refractivity contribution in [2.45, 2.75) is 354 Å². The maximum atomic E-state index is 13.1. The summed E-state index contributed by atoms with van der Waals surface area (Å²) in [7, 11) is -9.96. The first-order valence-electron chi connectivity index (χ1n) is 39.5. The molecular formula is C81H142O17P2. The Morgan fingerprint density at radius 1 is 0.290 bits per heavy atom. The second kappa shape index (κ2) is 73.3. The Morgan fingerprint density at radius 3 is 0.870 bits per heavy atom. The summed E-state index contributed by atoms with van der Waals surface area (Å²) in [5.74, 6) is -2.22. The standard InChI is InChI=1S/C81H142O17P2/c1-5-9-13-17-21-25-29-33-35-36-37-38-40-44-46-50-54-58-62-66-79(84)92-72-77(98-81(86)68-64-60-56-52-48-42-32-28-24-20-16-12-8-4)74-96-100(89,90)94-70-75(82)69-93-99(87,88)95-73-76(97-80(85)67-63-59-55-51-47-41-31-27-23-19-15-11-7-3)71-91-78(83)65-61-57-53-49-45-43-39-34-30-26-22-18-14-10-6-2/h9,13,15,19,21,25,27-28,31-33,35,37-38,44,46,75-77,82H,5-8,10-12,14,16-18,20,22-24,26,29-30,34,36,39-43,45,47-74H2,1-4H3,(H,87,88)(H,89,90)/b13-9-,19-15-,25-21-,31-27-,32-28-,35-33-,38-37-,46-44-. The van der Waals surface area contributed by atoms with Crippen LogP contribution < -0.4 is 0 Å². The number of esters is 4. The van der Waals surface area contributed by atoms with Gasteiger partial charge in [-0.3, -0.25) is 37.3 Å². The predicted molar refractivity (Wildman–Crippen MR) is 409 cm³/mol. The van der Waals surface area contributed by atoms with Crippen LogP contribution in [0.4, 0.5) is 0 Å². The molecule has 0 spiro atoms. The highest BCUT2D eigenvalue weighted by Gasteiger charge is 2.30. The van der Waals surface area contributed by atoms with Gasteiger partial charge in [0, 0.05) is 25.7 Å². The van der Waals surface area contributed by atoms with E-state index in [-0.39, 0.29) is 25.7 Å². The molecule has 0 aliphatic carbocycles. The molecule has 0 aliphatic rings. The molecular weight excluding hydrogens is 1310 g/mol. The van der Waals surface area contributed by atoms with E-state index in [2.05, 4.69) is 125 Å². The zero-order chi connectivity index (χ0) is 73.2. The van der Waals surface area contributed by atoms with Crippen LogP contribution in [0.2, 0.25) is 0 Å². The van der Waals surface area contributed by atoms with E-state index in [0.29, 0.717) is 25.7 Å². The highest BCUT2D eigenvalue weighted by atomic mass is 31.2. The predicted octanol–water partition coefficient (Wildman–Crippen LogP) is 22.8. The van der Waals surface area contributed by atoms with Crippen molar-refractivity contribution in [3.8, 4) is 0 Å². The summed E-state index contributed by atoms with van der Waals surface area (Å²) >= 11 is 0. The Morgan fingerprint density at radius 2 is 0.540 bits per heavy atom. The van der Waals surface area contributed by atoms with Crippen molar-refractivity contribution in [3.05, 3.63) is 97.2 Å². The lowest BCUT2D eigenvalue weighted by molar-refractivity contribution is -0.161. The quantitative estimate of drug-likeness (QED) is 0.0169. The lowest BCUT2D eigenvalue weighted by Gasteiger charge is -2.21. The second-order valence-corrected chi connectivity index (χ2v) is 29.2. The van der Waals surface area contributed by atoms with Crippen LogP contribution in [0.25, 0.3) is 0 Å². The van der Waals surface area contributed by atoms with Crippen molar-refractivity contribution in [2.75, 3.05) is 39.6 Å². The molecule has 0 saturated carbocycles. The van der Waals surface area contributed by atoms with Crippen molar-refractivity contribution in [3.63, 3.8) is 0 Å².